The molecule has 4 nitrogen and oxygen atoms in total. The van der Waals surface area contributed by atoms with Gasteiger partial charge in [0.2, 0.25) is 0 Å². The van der Waals surface area contributed by atoms with Crippen LogP contribution in [0.2, 0.25) is 0 Å². The van der Waals surface area contributed by atoms with Crippen LogP contribution >= 0.6 is 0 Å². The van der Waals surface area contributed by atoms with E-state index in [1.165, 1.54) is 0 Å². The first kappa shape index (κ1) is 14.9. The molecule has 1 heterocycles. The third-order valence-electron chi connectivity index (χ3n) is 3.70. The second kappa shape index (κ2) is 6.75. The van der Waals surface area contributed by atoms with Crippen molar-refractivity contribution < 1.29 is 14.3 Å². The van der Waals surface area contributed by atoms with Crippen LogP contribution < -0.4 is 9.64 Å². The molecule has 1 unspecified atom stereocenters. The van der Waals surface area contributed by atoms with Crippen molar-refractivity contribution >= 4 is 11.5 Å². The lowest BCUT2D eigenvalue weighted by Gasteiger charge is -2.35. The van der Waals surface area contributed by atoms with E-state index in [1.54, 1.807) is 14.0 Å². The van der Waals surface area contributed by atoms with E-state index >= 15 is 0 Å². The van der Waals surface area contributed by atoms with Crippen LogP contribution in [0.1, 0.15) is 37.0 Å². The Morgan fingerprint density at radius 1 is 1.45 bits per heavy atom. The molecule has 1 atom stereocenters. The Kier molecular flexibility index (Phi) is 5.01. The van der Waals surface area contributed by atoms with Crippen molar-refractivity contribution in [3.63, 3.8) is 0 Å². The Hall–Kier alpha value is -1.55. The van der Waals surface area contributed by atoms with E-state index in [9.17, 15) is 4.79 Å². The lowest BCUT2D eigenvalue weighted by molar-refractivity contribution is 0.0526. The smallest absolute Gasteiger partial charge is 0.165 e. The van der Waals surface area contributed by atoms with Crippen LogP contribution in [0, 0.1) is 0 Å². The van der Waals surface area contributed by atoms with Crippen LogP contribution in [0.5, 0.6) is 5.75 Å². The summed E-state index contributed by atoms with van der Waals surface area (Å²) in [6, 6.07) is 5.77. The van der Waals surface area contributed by atoms with Crippen LogP contribution in [-0.2, 0) is 4.74 Å². The fourth-order valence-corrected chi connectivity index (χ4v) is 2.84. The number of carbonyl (C=O) groups excluding carboxylic acids is 1. The molecular weight excluding hydrogens is 254 g/mol. The molecule has 0 aromatic heterocycles. The fourth-order valence-electron chi connectivity index (χ4n) is 2.84. The summed E-state index contributed by atoms with van der Waals surface area (Å²) in [5.41, 5.74) is 1.63. The molecule has 0 radical (unpaired) electrons. The van der Waals surface area contributed by atoms with Crippen molar-refractivity contribution in [3.8, 4) is 5.75 Å². The molecule has 0 spiro atoms. The van der Waals surface area contributed by atoms with Crippen molar-refractivity contribution in [1.82, 2.24) is 0 Å². The second-order valence-corrected chi connectivity index (χ2v) is 5.08. The standard InChI is InChI=1S/C16H23NO3/c1-4-20-13-7-6-10-17(11-13)14-8-5-9-15(19-3)16(14)12(2)18/h5,8-9,13H,4,6-7,10-11H2,1-3H3. The molecule has 110 valence electrons. The van der Waals surface area contributed by atoms with E-state index in [4.69, 9.17) is 9.47 Å². The molecule has 1 aromatic rings. The molecule has 0 bridgehead atoms. The van der Waals surface area contributed by atoms with Gasteiger partial charge in [0, 0.05) is 19.7 Å². The van der Waals surface area contributed by atoms with E-state index in [2.05, 4.69) is 4.90 Å². The van der Waals surface area contributed by atoms with Crippen LogP contribution in [-0.4, -0.2) is 38.7 Å². The van der Waals surface area contributed by atoms with Crippen LogP contribution in [0.3, 0.4) is 0 Å². The number of hydrogen-bond donors (Lipinski definition) is 0. The van der Waals surface area contributed by atoms with Gasteiger partial charge in [0.25, 0.3) is 0 Å². The Labute approximate surface area is 120 Å². The predicted octanol–water partition coefficient (Wildman–Crippen LogP) is 2.90. The summed E-state index contributed by atoms with van der Waals surface area (Å²) in [5.74, 6) is 0.685. The first-order valence-electron chi connectivity index (χ1n) is 7.21. The number of carbonyl (C=O) groups is 1. The number of piperidine rings is 1. The van der Waals surface area contributed by atoms with Crippen molar-refractivity contribution in [2.45, 2.75) is 32.8 Å². The molecule has 1 aliphatic rings. The lowest BCUT2D eigenvalue weighted by atomic mass is 10.0. The van der Waals surface area contributed by atoms with Gasteiger partial charge >= 0.3 is 0 Å². The number of Topliss-reactive ketones (excluding diaryl/α,β-unsaturated/α-hetero) is 1. The highest BCUT2D eigenvalue weighted by atomic mass is 16.5. The zero-order valence-corrected chi connectivity index (χ0v) is 12.5. The van der Waals surface area contributed by atoms with Crippen molar-refractivity contribution in [2.75, 3.05) is 31.7 Å². The first-order chi connectivity index (χ1) is 9.67. The molecule has 1 aromatic carbocycles. The topological polar surface area (TPSA) is 38.8 Å². The highest BCUT2D eigenvalue weighted by molar-refractivity contribution is 6.02. The SMILES string of the molecule is CCOC1CCCN(c2cccc(OC)c2C(C)=O)C1. The van der Waals surface area contributed by atoms with Gasteiger partial charge in [-0.1, -0.05) is 6.07 Å². The Morgan fingerprint density at radius 2 is 2.25 bits per heavy atom. The maximum Gasteiger partial charge on any atom is 0.165 e. The lowest BCUT2D eigenvalue weighted by Crippen LogP contribution is -2.40. The third-order valence-corrected chi connectivity index (χ3v) is 3.70. The normalized spacial score (nSPS) is 18.9. The van der Waals surface area contributed by atoms with Crippen LogP contribution in [0.15, 0.2) is 18.2 Å². The number of hydrogen-bond acceptors (Lipinski definition) is 4. The monoisotopic (exact) mass is 277 g/mol. The zero-order chi connectivity index (χ0) is 14.5. The summed E-state index contributed by atoms with van der Waals surface area (Å²) in [4.78, 5) is 14.2. The van der Waals surface area contributed by atoms with Crippen molar-refractivity contribution in [1.29, 1.82) is 0 Å². The molecule has 20 heavy (non-hydrogen) atoms. The number of anilines is 1. The van der Waals surface area contributed by atoms with Crippen LogP contribution in [0.4, 0.5) is 5.69 Å². The summed E-state index contributed by atoms with van der Waals surface area (Å²) in [7, 11) is 1.60. The number of nitrogens with zero attached hydrogens (tertiary/aromatic N) is 1. The Bertz CT molecular complexity index is 471. The molecule has 0 saturated carbocycles. The summed E-state index contributed by atoms with van der Waals surface area (Å²) in [6.07, 6.45) is 2.42. The number of rotatable bonds is 5. The minimum atomic E-state index is 0.0379. The molecule has 0 N–H and O–H groups in total. The van der Waals surface area contributed by atoms with E-state index in [0.29, 0.717) is 11.3 Å². The molecular formula is C16H23NO3. The molecule has 2 rings (SSSR count). The minimum Gasteiger partial charge on any atom is -0.496 e. The van der Waals surface area contributed by atoms with E-state index < -0.39 is 0 Å². The number of ketones is 1. The van der Waals surface area contributed by atoms with Gasteiger partial charge in [0.05, 0.1) is 24.5 Å². The van der Waals surface area contributed by atoms with E-state index in [-0.39, 0.29) is 11.9 Å². The van der Waals surface area contributed by atoms with Gasteiger partial charge < -0.3 is 14.4 Å². The predicted molar refractivity (Wildman–Crippen MR) is 79.9 cm³/mol. The number of ether oxygens (including phenoxy) is 2. The van der Waals surface area contributed by atoms with Gasteiger partial charge in [-0.2, -0.15) is 0 Å². The van der Waals surface area contributed by atoms with Gasteiger partial charge in [0.1, 0.15) is 5.75 Å². The molecule has 0 aliphatic carbocycles. The van der Waals surface area contributed by atoms with Gasteiger partial charge in [-0.05, 0) is 38.8 Å². The maximum absolute atomic E-state index is 12.0. The summed E-state index contributed by atoms with van der Waals surface area (Å²) < 4.78 is 11.1. The summed E-state index contributed by atoms with van der Waals surface area (Å²) in [5, 5.41) is 0. The van der Waals surface area contributed by atoms with Gasteiger partial charge in [-0.25, -0.2) is 0 Å². The summed E-state index contributed by atoms with van der Waals surface area (Å²) >= 11 is 0. The molecule has 1 aliphatic heterocycles. The molecule has 4 heteroatoms. The average molecular weight is 277 g/mol. The van der Waals surface area contributed by atoms with E-state index in [0.717, 1.165) is 38.2 Å². The largest absolute Gasteiger partial charge is 0.496 e. The zero-order valence-electron chi connectivity index (χ0n) is 12.5. The van der Waals surface area contributed by atoms with E-state index in [1.807, 2.05) is 25.1 Å². The van der Waals surface area contributed by atoms with Gasteiger partial charge in [0.15, 0.2) is 5.78 Å². The third kappa shape index (κ3) is 3.12. The Balaban J connectivity index is 2.29. The first-order valence-corrected chi connectivity index (χ1v) is 7.21. The van der Waals surface area contributed by atoms with Gasteiger partial charge in [-0.3, -0.25) is 4.79 Å². The van der Waals surface area contributed by atoms with Crippen molar-refractivity contribution in [2.24, 2.45) is 0 Å². The number of benzene rings is 1. The Morgan fingerprint density at radius 3 is 2.90 bits per heavy atom. The average Bonchev–Trinajstić information content (AvgIpc) is 2.47. The molecule has 1 fully saturated rings. The van der Waals surface area contributed by atoms with Crippen LogP contribution in [0.25, 0.3) is 0 Å². The summed E-state index contributed by atoms with van der Waals surface area (Å²) in [6.45, 7) is 6.13. The second-order valence-electron chi connectivity index (χ2n) is 5.08. The van der Waals surface area contributed by atoms with Gasteiger partial charge in [-0.15, -0.1) is 0 Å². The number of methoxy groups -OCH3 is 1. The van der Waals surface area contributed by atoms with Crippen molar-refractivity contribution in [3.05, 3.63) is 23.8 Å². The highest BCUT2D eigenvalue weighted by Crippen LogP contribution is 2.31. The minimum absolute atomic E-state index is 0.0379. The molecule has 1 saturated heterocycles. The fraction of sp³-hybridized carbons (Fsp3) is 0.562. The molecule has 0 amide bonds. The highest BCUT2D eigenvalue weighted by Gasteiger charge is 2.24. The maximum atomic E-state index is 12.0. The quantitative estimate of drug-likeness (QED) is 0.776.